The van der Waals surface area contributed by atoms with Crippen molar-refractivity contribution in [2.75, 3.05) is 20.0 Å². The highest BCUT2D eigenvalue weighted by atomic mass is 16.5. The van der Waals surface area contributed by atoms with Gasteiger partial charge in [-0.05, 0) is 19.1 Å². The maximum atomic E-state index is 11.5. The van der Waals surface area contributed by atoms with E-state index in [1.54, 1.807) is 26.4 Å². The second-order valence-electron chi connectivity index (χ2n) is 3.99. The summed E-state index contributed by atoms with van der Waals surface area (Å²) in [5.41, 5.74) is 7.23. The van der Waals surface area contributed by atoms with Crippen LogP contribution in [0.25, 0.3) is 11.3 Å². The van der Waals surface area contributed by atoms with Gasteiger partial charge in [0, 0.05) is 17.2 Å². The minimum Gasteiger partial charge on any atom is -0.496 e. The number of nitrogens with two attached hydrogens (primary N) is 1. The molecule has 0 aliphatic heterocycles. The molecule has 0 bridgehead atoms. The number of nitrogen functional groups attached to an aromatic ring is 1. The van der Waals surface area contributed by atoms with E-state index in [1.165, 1.54) is 6.07 Å². The van der Waals surface area contributed by atoms with Gasteiger partial charge in [0.05, 0.1) is 19.9 Å². The fourth-order valence-electron chi connectivity index (χ4n) is 1.97. The molecule has 0 atom stereocenters. The molecule has 0 fully saturated rings. The summed E-state index contributed by atoms with van der Waals surface area (Å²) < 4.78 is 10.6. The van der Waals surface area contributed by atoms with Crippen LogP contribution in [0.2, 0.25) is 0 Å². The largest absolute Gasteiger partial charge is 0.496 e. The van der Waals surface area contributed by atoms with Crippen LogP contribution in [0.1, 0.15) is 5.56 Å². The molecule has 3 N–H and O–H groups in total. The van der Waals surface area contributed by atoms with Gasteiger partial charge >= 0.3 is 0 Å². The van der Waals surface area contributed by atoms with Crippen molar-refractivity contribution in [1.82, 2.24) is 9.97 Å². The molecule has 0 amide bonds. The number of ether oxygens (including phenoxy) is 2. The van der Waals surface area contributed by atoms with Crippen molar-refractivity contribution in [3.05, 3.63) is 34.1 Å². The standard InChI is InChI=1S/C13H15N3O3/c1-7-10(18-2)5-4-8(12(7)19-3)9-6-11(17)16-13(14)15-9/h4-6H,1-3H3,(H3,14,15,16,17). The minimum absolute atomic E-state index is 0.0676. The first-order valence-electron chi connectivity index (χ1n) is 5.65. The Balaban J connectivity index is 2.68. The summed E-state index contributed by atoms with van der Waals surface area (Å²) in [7, 11) is 3.15. The van der Waals surface area contributed by atoms with Crippen molar-refractivity contribution in [2.24, 2.45) is 0 Å². The number of H-pyrrole nitrogens is 1. The zero-order valence-electron chi connectivity index (χ0n) is 11.0. The lowest BCUT2D eigenvalue weighted by Gasteiger charge is -2.14. The highest BCUT2D eigenvalue weighted by Crippen LogP contribution is 2.36. The van der Waals surface area contributed by atoms with Crippen molar-refractivity contribution in [3.8, 4) is 22.8 Å². The first-order chi connectivity index (χ1) is 9.06. The number of rotatable bonds is 3. The van der Waals surface area contributed by atoms with Gasteiger partial charge in [-0.15, -0.1) is 0 Å². The highest BCUT2D eigenvalue weighted by molar-refractivity contribution is 5.71. The zero-order chi connectivity index (χ0) is 14.0. The third-order valence-corrected chi connectivity index (χ3v) is 2.82. The SMILES string of the molecule is COc1ccc(-c2cc(=O)[nH]c(N)n2)c(OC)c1C. The molecule has 0 unspecified atom stereocenters. The van der Waals surface area contributed by atoms with Crippen LogP contribution in [0, 0.1) is 6.92 Å². The molecule has 1 heterocycles. The van der Waals surface area contributed by atoms with Crippen molar-refractivity contribution in [3.63, 3.8) is 0 Å². The number of aromatic nitrogens is 2. The van der Waals surface area contributed by atoms with Crippen LogP contribution < -0.4 is 20.8 Å². The Kier molecular flexibility index (Phi) is 3.41. The third-order valence-electron chi connectivity index (χ3n) is 2.82. The van der Waals surface area contributed by atoms with Crippen molar-refractivity contribution in [1.29, 1.82) is 0 Å². The number of hydrogen-bond donors (Lipinski definition) is 2. The number of nitrogens with one attached hydrogen (secondary N) is 1. The predicted octanol–water partition coefficient (Wildman–Crippen LogP) is 1.34. The Bertz CT molecular complexity index is 665. The van der Waals surface area contributed by atoms with Crippen LogP contribution in [0.15, 0.2) is 23.0 Å². The number of nitrogens with zero attached hydrogens (tertiary/aromatic N) is 1. The van der Waals surface area contributed by atoms with E-state index in [-0.39, 0.29) is 11.5 Å². The summed E-state index contributed by atoms with van der Waals surface area (Å²) in [6, 6.07) is 4.96. The average Bonchev–Trinajstić information content (AvgIpc) is 2.37. The van der Waals surface area contributed by atoms with Crippen LogP contribution in [0.3, 0.4) is 0 Å². The fourth-order valence-corrected chi connectivity index (χ4v) is 1.97. The molecule has 0 radical (unpaired) electrons. The van der Waals surface area contributed by atoms with Crippen LogP contribution in [0.4, 0.5) is 5.95 Å². The summed E-state index contributed by atoms with van der Waals surface area (Å²) in [5, 5.41) is 0. The van der Waals surface area contributed by atoms with Gasteiger partial charge in [-0.1, -0.05) is 0 Å². The van der Waals surface area contributed by atoms with Gasteiger partial charge in [0.1, 0.15) is 11.5 Å². The molecule has 0 saturated carbocycles. The van der Waals surface area contributed by atoms with Gasteiger partial charge in [0.2, 0.25) is 5.95 Å². The number of hydrogen-bond acceptors (Lipinski definition) is 5. The van der Waals surface area contributed by atoms with Crippen molar-refractivity contribution < 1.29 is 9.47 Å². The van der Waals surface area contributed by atoms with E-state index in [0.717, 1.165) is 5.56 Å². The van der Waals surface area contributed by atoms with Crippen LogP contribution >= 0.6 is 0 Å². The average molecular weight is 261 g/mol. The molecule has 0 spiro atoms. The van der Waals surface area contributed by atoms with E-state index in [0.29, 0.717) is 22.8 Å². The van der Waals surface area contributed by atoms with E-state index in [4.69, 9.17) is 15.2 Å². The Morgan fingerprint density at radius 2 is 2.00 bits per heavy atom. The molecule has 0 aliphatic carbocycles. The molecule has 0 saturated heterocycles. The zero-order valence-corrected chi connectivity index (χ0v) is 11.0. The summed E-state index contributed by atoms with van der Waals surface area (Å²) in [5.74, 6) is 1.38. The number of methoxy groups -OCH3 is 2. The van der Waals surface area contributed by atoms with E-state index < -0.39 is 0 Å². The maximum Gasteiger partial charge on any atom is 0.252 e. The van der Waals surface area contributed by atoms with Gasteiger partial charge < -0.3 is 15.2 Å². The lowest BCUT2D eigenvalue weighted by molar-refractivity contribution is 0.390. The van der Waals surface area contributed by atoms with Crippen LogP contribution in [0.5, 0.6) is 11.5 Å². The second kappa shape index (κ2) is 5.01. The van der Waals surface area contributed by atoms with E-state index >= 15 is 0 Å². The second-order valence-corrected chi connectivity index (χ2v) is 3.99. The molecule has 1 aromatic heterocycles. The molecule has 0 aliphatic rings. The third kappa shape index (κ3) is 2.37. The van der Waals surface area contributed by atoms with Gasteiger partial charge in [0.15, 0.2) is 0 Å². The number of aromatic amines is 1. The summed E-state index contributed by atoms with van der Waals surface area (Å²) >= 11 is 0. The first kappa shape index (κ1) is 12.9. The predicted molar refractivity (Wildman–Crippen MR) is 72.5 cm³/mol. The van der Waals surface area contributed by atoms with Crippen LogP contribution in [-0.2, 0) is 0 Å². The molecule has 19 heavy (non-hydrogen) atoms. The normalized spacial score (nSPS) is 10.3. The van der Waals surface area contributed by atoms with Gasteiger partial charge in [-0.2, -0.15) is 0 Å². The first-order valence-corrected chi connectivity index (χ1v) is 5.65. The van der Waals surface area contributed by atoms with Gasteiger partial charge in [-0.3, -0.25) is 9.78 Å². The Hall–Kier alpha value is -2.50. The minimum atomic E-state index is -0.307. The molecule has 2 rings (SSSR count). The van der Waals surface area contributed by atoms with Gasteiger partial charge in [0.25, 0.3) is 5.56 Å². The molecule has 100 valence electrons. The van der Waals surface area contributed by atoms with E-state index in [2.05, 4.69) is 9.97 Å². The Labute approximate surface area is 110 Å². The van der Waals surface area contributed by atoms with E-state index in [9.17, 15) is 4.79 Å². The monoisotopic (exact) mass is 261 g/mol. The summed E-state index contributed by atoms with van der Waals surface area (Å²) in [6.07, 6.45) is 0. The maximum absolute atomic E-state index is 11.5. The lowest BCUT2D eigenvalue weighted by Crippen LogP contribution is -2.10. The Morgan fingerprint density at radius 1 is 1.26 bits per heavy atom. The van der Waals surface area contributed by atoms with Crippen molar-refractivity contribution >= 4 is 5.95 Å². The topological polar surface area (TPSA) is 90.2 Å². The van der Waals surface area contributed by atoms with Gasteiger partial charge in [-0.25, -0.2) is 4.98 Å². The molecular weight excluding hydrogens is 246 g/mol. The summed E-state index contributed by atoms with van der Waals surface area (Å²) in [6.45, 7) is 1.87. The van der Waals surface area contributed by atoms with E-state index in [1.807, 2.05) is 6.92 Å². The molecule has 6 nitrogen and oxygen atoms in total. The quantitative estimate of drug-likeness (QED) is 0.870. The van der Waals surface area contributed by atoms with Crippen LogP contribution in [-0.4, -0.2) is 24.2 Å². The molecule has 1 aromatic carbocycles. The smallest absolute Gasteiger partial charge is 0.252 e. The molecular formula is C13H15N3O3. The highest BCUT2D eigenvalue weighted by Gasteiger charge is 2.14. The Morgan fingerprint density at radius 3 is 2.58 bits per heavy atom. The molecule has 2 aromatic rings. The summed E-state index contributed by atoms with van der Waals surface area (Å²) in [4.78, 5) is 18.0. The fraction of sp³-hybridized carbons (Fsp3) is 0.231. The lowest BCUT2D eigenvalue weighted by atomic mass is 10.1. The van der Waals surface area contributed by atoms with Crippen molar-refractivity contribution in [2.45, 2.75) is 6.92 Å². The number of benzene rings is 1. The molecule has 6 heteroatoms. The number of anilines is 1.